The second kappa shape index (κ2) is 4.79. The summed E-state index contributed by atoms with van der Waals surface area (Å²) in [5.41, 5.74) is 1.33. The van der Waals surface area contributed by atoms with Crippen LogP contribution in [0.5, 0.6) is 0 Å². The first-order valence-corrected chi connectivity index (χ1v) is 6.40. The summed E-state index contributed by atoms with van der Waals surface area (Å²) in [5, 5.41) is 14.1. The predicted molar refractivity (Wildman–Crippen MR) is 76.9 cm³/mol. The minimum Gasteiger partial charge on any atom is -0.396 e. The van der Waals surface area contributed by atoms with Crippen molar-refractivity contribution in [3.05, 3.63) is 60.2 Å². The molecule has 0 saturated carbocycles. The zero-order chi connectivity index (χ0) is 12.4. The molecule has 1 heteroatoms. The molecule has 18 heavy (non-hydrogen) atoms. The molecule has 0 spiro atoms. The number of aliphatic hydroxyl groups excluding tert-OH is 1. The van der Waals surface area contributed by atoms with Crippen molar-refractivity contribution < 1.29 is 5.11 Å². The van der Waals surface area contributed by atoms with Crippen LogP contribution >= 0.6 is 0 Å². The van der Waals surface area contributed by atoms with E-state index in [2.05, 4.69) is 54.6 Å². The van der Waals surface area contributed by atoms with Crippen molar-refractivity contribution in [2.45, 2.75) is 12.8 Å². The van der Waals surface area contributed by atoms with Crippen LogP contribution in [0, 0.1) is 0 Å². The van der Waals surface area contributed by atoms with Crippen molar-refractivity contribution in [1.29, 1.82) is 0 Å². The molecule has 0 amide bonds. The van der Waals surface area contributed by atoms with E-state index in [0.717, 1.165) is 12.8 Å². The van der Waals surface area contributed by atoms with E-state index < -0.39 is 0 Å². The van der Waals surface area contributed by atoms with Gasteiger partial charge < -0.3 is 5.11 Å². The molecule has 0 radical (unpaired) electrons. The maximum atomic E-state index is 8.97. The summed E-state index contributed by atoms with van der Waals surface area (Å²) in [4.78, 5) is 0. The standard InChI is InChI=1S/C17H16O/c18-10-4-9-13-7-3-8-16-11-14-5-1-2-6-15(14)12-17(13)16/h1-3,5-8,11-12,18H,4,9-10H2. The Bertz CT molecular complexity index is 685. The molecule has 0 unspecified atom stereocenters. The second-order valence-electron chi connectivity index (χ2n) is 4.66. The summed E-state index contributed by atoms with van der Waals surface area (Å²) >= 11 is 0. The molecule has 3 aromatic rings. The number of hydrogen-bond donors (Lipinski definition) is 1. The number of benzene rings is 3. The van der Waals surface area contributed by atoms with Crippen LogP contribution in [-0.4, -0.2) is 11.7 Å². The van der Waals surface area contributed by atoms with Crippen molar-refractivity contribution in [3.8, 4) is 0 Å². The van der Waals surface area contributed by atoms with E-state index in [0.29, 0.717) is 0 Å². The molecule has 90 valence electrons. The quantitative estimate of drug-likeness (QED) is 0.683. The van der Waals surface area contributed by atoms with Gasteiger partial charge in [-0.05, 0) is 52.1 Å². The van der Waals surface area contributed by atoms with Gasteiger partial charge in [0, 0.05) is 6.61 Å². The number of fused-ring (bicyclic) bond motifs is 2. The molecule has 0 aliphatic rings. The summed E-state index contributed by atoms with van der Waals surface area (Å²) < 4.78 is 0. The van der Waals surface area contributed by atoms with Gasteiger partial charge in [-0.2, -0.15) is 0 Å². The normalized spacial score (nSPS) is 11.2. The summed E-state index contributed by atoms with van der Waals surface area (Å²) in [7, 11) is 0. The van der Waals surface area contributed by atoms with Crippen LogP contribution in [0.15, 0.2) is 54.6 Å². The Balaban J connectivity index is 2.22. The fourth-order valence-corrected chi connectivity index (χ4v) is 2.52. The Hall–Kier alpha value is -1.86. The van der Waals surface area contributed by atoms with Gasteiger partial charge in [0.15, 0.2) is 0 Å². The molecule has 1 N–H and O–H groups in total. The average molecular weight is 236 g/mol. The Kier molecular flexibility index (Phi) is 2.99. The predicted octanol–water partition coefficient (Wildman–Crippen LogP) is 3.92. The van der Waals surface area contributed by atoms with Gasteiger partial charge in [-0.15, -0.1) is 0 Å². The van der Waals surface area contributed by atoms with Crippen molar-refractivity contribution in [1.82, 2.24) is 0 Å². The Labute approximate surface area is 107 Å². The molecule has 0 aliphatic carbocycles. The molecule has 0 saturated heterocycles. The molecule has 0 fully saturated rings. The zero-order valence-electron chi connectivity index (χ0n) is 10.3. The smallest absolute Gasteiger partial charge is 0.0434 e. The minimum absolute atomic E-state index is 0.254. The van der Waals surface area contributed by atoms with Crippen LogP contribution in [0.4, 0.5) is 0 Å². The SMILES string of the molecule is OCCCc1cccc2cc3ccccc3cc12. The highest BCUT2D eigenvalue weighted by atomic mass is 16.2. The lowest BCUT2D eigenvalue weighted by molar-refractivity contribution is 0.289. The van der Waals surface area contributed by atoms with E-state index in [9.17, 15) is 0 Å². The van der Waals surface area contributed by atoms with Crippen LogP contribution in [0.25, 0.3) is 21.5 Å². The highest BCUT2D eigenvalue weighted by Gasteiger charge is 2.02. The lowest BCUT2D eigenvalue weighted by Crippen LogP contribution is -1.91. The van der Waals surface area contributed by atoms with Crippen LogP contribution in [0.3, 0.4) is 0 Å². The first-order chi connectivity index (χ1) is 8.88. The lowest BCUT2D eigenvalue weighted by atomic mass is 9.97. The second-order valence-corrected chi connectivity index (χ2v) is 4.66. The van der Waals surface area contributed by atoms with Crippen molar-refractivity contribution in [2.75, 3.05) is 6.61 Å². The largest absolute Gasteiger partial charge is 0.396 e. The van der Waals surface area contributed by atoms with Crippen LogP contribution in [0.2, 0.25) is 0 Å². The van der Waals surface area contributed by atoms with Crippen molar-refractivity contribution in [2.24, 2.45) is 0 Å². The van der Waals surface area contributed by atoms with E-state index in [4.69, 9.17) is 5.11 Å². The third-order valence-electron chi connectivity index (χ3n) is 3.44. The fourth-order valence-electron chi connectivity index (χ4n) is 2.52. The molecule has 0 heterocycles. The van der Waals surface area contributed by atoms with Crippen LogP contribution in [-0.2, 0) is 6.42 Å². The Morgan fingerprint density at radius 1 is 0.778 bits per heavy atom. The van der Waals surface area contributed by atoms with Crippen molar-refractivity contribution in [3.63, 3.8) is 0 Å². The minimum atomic E-state index is 0.254. The molecule has 1 nitrogen and oxygen atoms in total. The van der Waals surface area contributed by atoms with Crippen LogP contribution in [0.1, 0.15) is 12.0 Å². The molecule has 0 aromatic heterocycles. The maximum absolute atomic E-state index is 8.97. The van der Waals surface area contributed by atoms with E-state index in [1.54, 1.807) is 0 Å². The van der Waals surface area contributed by atoms with Gasteiger partial charge >= 0.3 is 0 Å². The van der Waals surface area contributed by atoms with E-state index >= 15 is 0 Å². The van der Waals surface area contributed by atoms with Gasteiger partial charge in [-0.3, -0.25) is 0 Å². The number of hydrogen-bond acceptors (Lipinski definition) is 1. The molecular weight excluding hydrogens is 220 g/mol. The van der Waals surface area contributed by atoms with E-state index in [1.165, 1.54) is 27.1 Å². The van der Waals surface area contributed by atoms with E-state index in [1.807, 2.05) is 0 Å². The third kappa shape index (κ3) is 1.98. The van der Waals surface area contributed by atoms with Gasteiger partial charge in [-0.1, -0.05) is 42.5 Å². The van der Waals surface area contributed by atoms with Crippen LogP contribution < -0.4 is 0 Å². The Morgan fingerprint density at radius 3 is 2.28 bits per heavy atom. The molecule has 3 rings (SSSR count). The molecular formula is C17H16O. The summed E-state index contributed by atoms with van der Waals surface area (Å²) in [6.07, 6.45) is 1.76. The summed E-state index contributed by atoms with van der Waals surface area (Å²) in [6.45, 7) is 0.254. The average Bonchev–Trinajstić information content (AvgIpc) is 2.43. The number of aryl methyl sites for hydroxylation is 1. The maximum Gasteiger partial charge on any atom is 0.0434 e. The van der Waals surface area contributed by atoms with Gasteiger partial charge in [0.25, 0.3) is 0 Å². The van der Waals surface area contributed by atoms with Gasteiger partial charge in [-0.25, -0.2) is 0 Å². The van der Waals surface area contributed by atoms with Gasteiger partial charge in [0.1, 0.15) is 0 Å². The third-order valence-corrected chi connectivity index (χ3v) is 3.44. The molecule has 0 bridgehead atoms. The molecule has 0 aliphatic heterocycles. The molecule has 0 atom stereocenters. The lowest BCUT2D eigenvalue weighted by Gasteiger charge is -2.07. The molecule has 3 aromatic carbocycles. The topological polar surface area (TPSA) is 20.2 Å². The summed E-state index contributed by atoms with van der Waals surface area (Å²) in [6, 6.07) is 19.4. The fraction of sp³-hybridized carbons (Fsp3) is 0.176. The van der Waals surface area contributed by atoms with E-state index in [-0.39, 0.29) is 6.61 Å². The summed E-state index contributed by atoms with van der Waals surface area (Å²) in [5.74, 6) is 0. The highest BCUT2D eigenvalue weighted by molar-refractivity contribution is 5.99. The Morgan fingerprint density at radius 2 is 1.50 bits per heavy atom. The van der Waals surface area contributed by atoms with Gasteiger partial charge in [0.2, 0.25) is 0 Å². The highest BCUT2D eigenvalue weighted by Crippen LogP contribution is 2.26. The van der Waals surface area contributed by atoms with Gasteiger partial charge in [0.05, 0.1) is 0 Å². The first kappa shape index (κ1) is 11.2. The first-order valence-electron chi connectivity index (χ1n) is 6.40. The monoisotopic (exact) mass is 236 g/mol. The number of aliphatic hydroxyl groups is 1. The van der Waals surface area contributed by atoms with Crippen molar-refractivity contribution >= 4 is 21.5 Å². The number of rotatable bonds is 3. The zero-order valence-corrected chi connectivity index (χ0v) is 10.3.